The summed E-state index contributed by atoms with van der Waals surface area (Å²) < 4.78 is 10.6. The molecule has 4 unspecified atom stereocenters. The fourth-order valence-corrected chi connectivity index (χ4v) is 3.81. The van der Waals surface area contributed by atoms with Crippen LogP contribution < -0.4 is 5.73 Å². The molecule has 0 radical (unpaired) electrons. The molecule has 32 heavy (non-hydrogen) atoms. The van der Waals surface area contributed by atoms with Gasteiger partial charge in [0, 0.05) is 0 Å². The van der Waals surface area contributed by atoms with Crippen molar-refractivity contribution in [2.24, 2.45) is 5.73 Å². The fourth-order valence-electron chi connectivity index (χ4n) is 3.81. The summed E-state index contributed by atoms with van der Waals surface area (Å²) >= 11 is 0. The molecular formula is C24H47NO7. The second kappa shape index (κ2) is 17.8. The molecule has 1 saturated heterocycles. The molecule has 1 rings (SSSR count). The highest BCUT2D eigenvalue weighted by Gasteiger charge is 2.44. The van der Waals surface area contributed by atoms with Crippen molar-refractivity contribution in [2.45, 2.75) is 127 Å². The Hall–Kier alpha value is -0.580. The fraction of sp³-hybridized carbons (Fsp3) is 0.917. The van der Waals surface area contributed by atoms with Crippen LogP contribution in [0.4, 0.5) is 0 Å². The molecule has 0 spiro atoms. The second-order valence-electron chi connectivity index (χ2n) is 8.94. The van der Waals surface area contributed by atoms with Gasteiger partial charge in [0.15, 0.2) is 6.29 Å². The van der Waals surface area contributed by atoms with Crippen LogP contribution in [0, 0.1) is 0 Å². The monoisotopic (exact) mass is 461 g/mol. The standard InChI is InChI=1S/C24H47NO7/c1-2-3-4-5-6-7-8-9-10-11-12-13-14-15-19(27)18(25)17-31-24-23(30)22(29)21(28)20(16-26)32-24/h14-15,18-24,26-30H,2-13,16-17,25H2,1H3/b15-14+/t18?,19?,20-,21+,22?,23-,24?/m1/s1. The molecule has 0 aliphatic carbocycles. The first-order chi connectivity index (χ1) is 15.4. The van der Waals surface area contributed by atoms with Crippen molar-refractivity contribution in [3.8, 4) is 0 Å². The second-order valence-corrected chi connectivity index (χ2v) is 8.94. The van der Waals surface area contributed by atoms with Crippen LogP contribution in [0.15, 0.2) is 12.2 Å². The lowest BCUT2D eigenvalue weighted by atomic mass is 9.99. The predicted octanol–water partition coefficient (Wildman–Crippen LogP) is 1.75. The van der Waals surface area contributed by atoms with Gasteiger partial charge in [-0.2, -0.15) is 0 Å². The van der Waals surface area contributed by atoms with Crippen LogP contribution in [0.2, 0.25) is 0 Å². The molecule has 0 amide bonds. The number of unbranched alkanes of at least 4 members (excludes halogenated alkanes) is 11. The highest BCUT2D eigenvalue weighted by atomic mass is 16.7. The van der Waals surface area contributed by atoms with E-state index in [0.29, 0.717) is 0 Å². The van der Waals surface area contributed by atoms with Crippen molar-refractivity contribution in [1.82, 2.24) is 0 Å². The van der Waals surface area contributed by atoms with Gasteiger partial charge in [-0.05, 0) is 12.8 Å². The van der Waals surface area contributed by atoms with Crippen LogP contribution in [0.25, 0.3) is 0 Å². The van der Waals surface area contributed by atoms with Gasteiger partial charge < -0.3 is 40.7 Å². The molecule has 0 bridgehead atoms. The van der Waals surface area contributed by atoms with Crippen LogP contribution >= 0.6 is 0 Å². The Bertz CT molecular complexity index is 477. The van der Waals surface area contributed by atoms with E-state index < -0.39 is 49.5 Å². The smallest absolute Gasteiger partial charge is 0.186 e. The van der Waals surface area contributed by atoms with E-state index in [4.69, 9.17) is 15.2 Å². The molecule has 0 aromatic carbocycles. The predicted molar refractivity (Wildman–Crippen MR) is 124 cm³/mol. The van der Waals surface area contributed by atoms with E-state index in [0.717, 1.165) is 12.8 Å². The normalized spacial score (nSPS) is 28.3. The molecule has 1 heterocycles. The average Bonchev–Trinajstić information content (AvgIpc) is 2.79. The summed E-state index contributed by atoms with van der Waals surface area (Å²) in [5, 5.41) is 48.8. The number of ether oxygens (including phenoxy) is 2. The lowest BCUT2D eigenvalue weighted by Gasteiger charge is -2.39. The third-order valence-electron chi connectivity index (χ3n) is 6.05. The molecule has 0 aromatic heterocycles. The van der Waals surface area contributed by atoms with Crippen molar-refractivity contribution < 1.29 is 35.0 Å². The molecule has 7 atom stereocenters. The summed E-state index contributed by atoms with van der Waals surface area (Å²) in [6.07, 6.45) is 11.1. The Labute approximate surface area is 193 Å². The van der Waals surface area contributed by atoms with Crippen molar-refractivity contribution >= 4 is 0 Å². The summed E-state index contributed by atoms with van der Waals surface area (Å²) in [4.78, 5) is 0. The Morgan fingerprint density at radius 1 is 0.875 bits per heavy atom. The van der Waals surface area contributed by atoms with E-state index in [-0.39, 0.29) is 6.61 Å². The van der Waals surface area contributed by atoms with Crippen molar-refractivity contribution in [3.63, 3.8) is 0 Å². The summed E-state index contributed by atoms with van der Waals surface area (Å²) in [6, 6.07) is -0.740. The van der Waals surface area contributed by atoms with Crippen LogP contribution in [0.1, 0.15) is 84.0 Å². The summed E-state index contributed by atoms with van der Waals surface area (Å²) in [5.74, 6) is 0. The van der Waals surface area contributed by atoms with Gasteiger partial charge in [0.25, 0.3) is 0 Å². The van der Waals surface area contributed by atoms with Gasteiger partial charge in [-0.15, -0.1) is 0 Å². The van der Waals surface area contributed by atoms with Gasteiger partial charge in [0.2, 0.25) is 0 Å². The highest BCUT2D eigenvalue weighted by molar-refractivity contribution is 4.94. The Balaban J connectivity index is 2.10. The van der Waals surface area contributed by atoms with Crippen molar-refractivity contribution in [2.75, 3.05) is 13.2 Å². The molecular weight excluding hydrogens is 414 g/mol. The van der Waals surface area contributed by atoms with E-state index in [1.165, 1.54) is 64.2 Å². The first kappa shape index (κ1) is 29.5. The molecule has 1 fully saturated rings. The maximum Gasteiger partial charge on any atom is 0.186 e. The molecule has 0 saturated carbocycles. The van der Waals surface area contributed by atoms with Gasteiger partial charge in [-0.25, -0.2) is 0 Å². The number of hydrogen-bond donors (Lipinski definition) is 6. The van der Waals surface area contributed by atoms with Gasteiger partial charge >= 0.3 is 0 Å². The SMILES string of the molecule is CCCCCCCCCCCCC/C=C/C(O)C(N)COC1O[C@H](CO)[C@H](O)C(O)[C@H]1O. The summed E-state index contributed by atoms with van der Waals surface area (Å²) in [5.41, 5.74) is 5.93. The lowest BCUT2D eigenvalue weighted by Crippen LogP contribution is -2.59. The lowest BCUT2D eigenvalue weighted by molar-refractivity contribution is -0.302. The van der Waals surface area contributed by atoms with Crippen molar-refractivity contribution in [3.05, 3.63) is 12.2 Å². The first-order valence-electron chi connectivity index (χ1n) is 12.4. The number of hydrogen-bond acceptors (Lipinski definition) is 8. The van der Waals surface area contributed by atoms with Crippen LogP contribution in [0.3, 0.4) is 0 Å². The van der Waals surface area contributed by atoms with Gasteiger partial charge in [-0.1, -0.05) is 83.3 Å². The molecule has 1 aliphatic rings. The Kier molecular flexibility index (Phi) is 16.4. The first-order valence-corrected chi connectivity index (χ1v) is 12.4. The number of nitrogens with two attached hydrogens (primary N) is 1. The van der Waals surface area contributed by atoms with E-state index in [1.54, 1.807) is 6.08 Å². The number of rotatable bonds is 18. The number of aliphatic hydroxyl groups excluding tert-OH is 5. The Morgan fingerprint density at radius 3 is 2.00 bits per heavy atom. The largest absolute Gasteiger partial charge is 0.394 e. The summed E-state index contributed by atoms with van der Waals surface area (Å²) in [7, 11) is 0. The summed E-state index contributed by atoms with van der Waals surface area (Å²) in [6.45, 7) is 1.60. The molecule has 8 nitrogen and oxygen atoms in total. The zero-order valence-electron chi connectivity index (χ0n) is 19.7. The number of allylic oxidation sites excluding steroid dienone is 1. The zero-order valence-corrected chi connectivity index (χ0v) is 19.7. The minimum absolute atomic E-state index is 0.118. The van der Waals surface area contributed by atoms with Crippen LogP contribution in [-0.4, -0.2) is 81.6 Å². The van der Waals surface area contributed by atoms with Gasteiger partial charge in [0.1, 0.15) is 24.4 Å². The highest BCUT2D eigenvalue weighted by Crippen LogP contribution is 2.22. The van der Waals surface area contributed by atoms with E-state index in [9.17, 15) is 25.5 Å². The Morgan fingerprint density at radius 2 is 1.44 bits per heavy atom. The topological polar surface area (TPSA) is 146 Å². The quantitative estimate of drug-likeness (QED) is 0.134. The zero-order chi connectivity index (χ0) is 23.8. The van der Waals surface area contributed by atoms with Gasteiger partial charge in [0.05, 0.1) is 25.4 Å². The van der Waals surface area contributed by atoms with Gasteiger partial charge in [-0.3, -0.25) is 0 Å². The van der Waals surface area contributed by atoms with Crippen LogP contribution in [0.5, 0.6) is 0 Å². The molecule has 7 N–H and O–H groups in total. The molecule has 190 valence electrons. The third-order valence-corrected chi connectivity index (χ3v) is 6.05. The minimum Gasteiger partial charge on any atom is -0.394 e. The molecule has 0 aromatic rings. The van der Waals surface area contributed by atoms with E-state index in [2.05, 4.69) is 6.92 Å². The van der Waals surface area contributed by atoms with Crippen molar-refractivity contribution in [1.29, 1.82) is 0 Å². The molecule has 8 heteroatoms. The average molecular weight is 462 g/mol. The third kappa shape index (κ3) is 11.5. The van der Waals surface area contributed by atoms with E-state index >= 15 is 0 Å². The maximum absolute atomic E-state index is 10.2. The number of aliphatic hydroxyl groups is 5. The minimum atomic E-state index is -1.50. The molecule has 1 aliphatic heterocycles. The van der Waals surface area contributed by atoms with Crippen LogP contribution in [-0.2, 0) is 9.47 Å². The maximum atomic E-state index is 10.2. The van der Waals surface area contributed by atoms with E-state index in [1.807, 2.05) is 6.08 Å².